The summed E-state index contributed by atoms with van der Waals surface area (Å²) in [6, 6.07) is 12.3. The molecule has 1 aliphatic heterocycles. The number of carbonyl (C=O) groups is 2. The van der Waals surface area contributed by atoms with Crippen LogP contribution in [-0.2, 0) is 15.8 Å². The maximum atomic E-state index is 12.9. The Morgan fingerprint density at radius 2 is 1.68 bits per heavy atom. The van der Waals surface area contributed by atoms with E-state index in [2.05, 4.69) is 16.0 Å². The normalized spacial score (nSPS) is 20.9. The summed E-state index contributed by atoms with van der Waals surface area (Å²) in [7, 11) is 0. The van der Waals surface area contributed by atoms with E-state index in [9.17, 15) is 22.8 Å². The zero-order valence-electron chi connectivity index (χ0n) is 15.1. The summed E-state index contributed by atoms with van der Waals surface area (Å²) < 4.78 is 38.6. The van der Waals surface area contributed by atoms with Gasteiger partial charge in [-0.25, -0.2) is 0 Å². The van der Waals surface area contributed by atoms with Gasteiger partial charge >= 0.3 is 6.18 Å². The number of rotatable bonds is 4. The van der Waals surface area contributed by atoms with E-state index in [-0.39, 0.29) is 18.5 Å². The van der Waals surface area contributed by atoms with Crippen molar-refractivity contribution in [1.82, 2.24) is 16.0 Å². The van der Waals surface area contributed by atoms with Gasteiger partial charge in [0.1, 0.15) is 0 Å². The molecule has 2 amide bonds. The number of benzene rings is 2. The first kappa shape index (κ1) is 19.9. The molecule has 1 heterocycles. The number of halogens is 3. The van der Waals surface area contributed by atoms with Crippen LogP contribution in [-0.4, -0.2) is 24.0 Å². The van der Waals surface area contributed by atoms with Gasteiger partial charge < -0.3 is 10.6 Å². The minimum absolute atomic E-state index is 0.00923. The zero-order valence-corrected chi connectivity index (χ0v) is 15.1. The van der Waals surface area contributed by atoms with Crippen molar-refractivity contribution in [3.63, 3.8) is 0 Å². The summed E-state index contributed by atoms with van der Waals surface area (Å²) in [6.45, 7) is 1.72. The van der Waals surface area contributed by atoms with Gasteiger partial charge in [0.25, 0.3) is 0 Å². The van der Waals surface area contributed by atoms with Gasteiger partial charge in [-0.1, -0.05) is 42.5 Å². The van der Waals surface area contributed by atoms with Crippen molar-refractivity contribution in [2.24, 2.45) is 0 Å². The molecule has 3 rings (SSSR count). The fourth-order valence-electron chi connectivity index (χ4n) is 3.17. The summed E-state index contributed by atoms with van der Waals surface area (Å²) in [5.74, 6) is -0.632. The standard InChI is InChI=1S/C20H20F3N3O2/c1-12-24-16(11-17(27)25-12)19(28)26-18(13-5-3-2-4-6-13)14-7-9-15(10-8-14)20(21,22)23/h2-10,12,16,18,24H,11H2,1H3,(H,25,27)(H,26,28). The van der Waals surface area contributed by atoms with Crippen LogP contribution in [0.4, 0.5) is 13.2 Å². The van der Waals surface area contributed by atoms with E-state index >= 15 is 0 Å². The molecule has 3 N–H and O–H groups in total. The van der Waals surface area contributed by atoms with Crippen LogP contribution in [0.1, 0.15) is 36.1 Å². The molecule has 28 heavy (non-hydrogen) atoms. The van der Waals surface area contributed by atoms with Gasteiger partial charge in [-0.3, -0.25) is 14.9 Å². The number of amides is 2. The van der Waals surface area contributed by atoms with Crippen molar-refractivity contribution >= 4 is 11.8 Å². The fourth-order valence-corrected chi connectivity index (χ4v) is 3.17. The van der Waals surface area contributed by atoms with Crippen molar-refractivity contribution in [2.45, 2.75) is 37.8 Å². The lowest BCUT2D eigenvalue weighted by Gasteiger charge is -2.30. The number of carbonyl (C=O) groups excluding carboxylic acids is 2. The topological polar surface area (TPSA) is 70.2 Å². The molecule has 2 aromatic carbocycles. The van der Waals surface area contributed by atoms with E-state index in [4.69, 9.17) is 0 Å². The molecule has 0 radical (unpaired) electrons. The third-order valence-corrected chi connectivity index (χ3v) is 4.53. The number of nitrogens with one attached hydrogen (secondary N) is 3. The third-order valence-electron chi connectivity index (χ3n) is 4.53. The van der Waals surface area contributed by atoms with Gasteiger partial charge in [-0.15, -0.1) is 0 Å². The minimum atomic E-state index is -4.43. The van der Waals surface area contributed by atoms with E-state index in [1.54, 1.807) is 31.2 Å². The van der Waals surface area contributed by atoms with Gasteiger partial charge in [0.15, 0.2) is 0 Å². The number of alkyl halides is 3. The lowest BCUT2D eigenvalue weighted by molar-refractivity contribution is -0.137. The van der Waals surface area contributed by atoms with Gasteiger partial charge in [-0.2, -0.15) is 13.2 Å². The molecule has 2 aromatic rings. The molecule has 1 saturated heterocycles. The molecule has 148 valence electrons. The van der Waals surface area contributed by atoms with Crippen LogP contribution >= 0.6 is 0 Å². The first-order chi connectivity index (χ1) is 13.2. The van der Waals surface area contributed by atoms with Crippen LogP contribution in [0.25, 0.3) is 0 Å². The largest absolute Gasteiger partial charge is 0.416 e. The van der Waals surface area contributed by atoms with Gasteiger partial charge in [0.2, 0.25) is 11.8 Å². The Morgan fingerprint density at radius 3 is 2.25 bits per heavy atom. The molecule has 0 aliphatic carbocycles. The van der Waals surface area contributed by atoms with Gasteiger partial charge in [0.05, 0.1) is 30.2 Å². The van der Waals surface area contributed by atoms with Crippen LogP contribution in [0, 0.1) is 0 Å². The minimum Gasteiger partial charge on any atom is -0.344 e. The molecule has 0 aromatic heterocycles. The van der Waals surface area contributed by atoms with E-state index in [0.717, 1.165) is 17.7 Å². The molecule has 0 saturated carbocycles. The highest BCUT2D eigenvalue weighted by Crippen LogP contribution is 2.31. The quantitative estimate of drug-likeness (QED) is 0.751. The average molecular weight is 391 g/mol. The van der Waals surface area contributed by atoms with E-state index < -0.39 is 29.7 Å². The highest BCUT2D eigenvalue weighted by atomic mass is 19.4. The fraction of sp³-hybridized carbons (Fsp3) is 0.300. The Balaban J connectivity index is 1.86. The molecule has 8 heteroatoms. The molecule has 0 bridgehead atoms. The molecule has 1 fully saturated rings. The lowest BCUT2D eigenvalue weighted by atomic mass is 9.96. The molecular weight excluding hydrogens is 371 g/mol. The van der Waals surface area contributed by atoms with E-state index in [0.29, 0.717) is 5.56 Å². The Hall–Kier alpha value is -2.87. The number of hydrogen-bond donors (Lipinski definition) is 3. The van der Waals surface area contributed by atoms with Crippen LogP contribution in [0.15, 0.2) is 54.6 Å². The van der Waals surface area contributed by atoms with E-state index in [1.165, 1.54) is 12.1 Å². The van der Waals surface area contributed by atoms with Crippen LogP contribution in [0.5, 0.6) is 0 Å². The second-order valence-corrected chi connectivity index (χ2v) is 6.68. The molecular formula is C20H20F3N3O2. The molecule has 1 aliphatic rings. The summed E-state index contributed by atoms with van der Waals surface area (Å²) in [4.78, 5) is 24.4. The monoisotopic (exact) mass is 391 g/mol. The van der Waals surface area contributed by atoms with Crippen molar-refractivity contribution in [1.29, 1.82) is 0 Å². The van der Waals surface area contributed by atoms with Crippen molar-refractivity contribution in [3.8, 4) is 0 Å². The Labute approximate surface area is 160 Å². The first-order valence-corrected chi connectivity index (χ1v) is 8.82. The summed E-state index contributed by atoms with van der Waals surface area (Å²) in [5, 5.41) is 8.51. The Bertz CT molecular complexity index is 838. The SMILES string of the molecule is CC1NC(=O)CC(C(=O)NC(c2ccccc2)c2ccc(C(F)(F)F)cc2)N1. The summed E-state index contributed by atoms with van der Waals surface area (Å²) >= 11 is 0. The van der Waals surface area contributed by atoms with Gasteiger partial charge in [-0.05, 0) is 30.2 Å². The third kappa shape index (κ3) is 4.69. The predicted octanol–water partition coefficient (Wildman–Crippen LogP) is 2.74. The predicted molar refractivity (Wildman–Crippen MR) is 97.0 cm³/mol. The van der Waals surface area contributed by atoms with Gasteiger partial charge in [0, 0.05) is 0 Å². The van der Waals surface area contributed by atoms with Crippen molar-refractivity contribution in [2.75, 3.05) is 0 Å². The first-order valence-electron chi connectivity index (χ1n) is 8.82. The maximum absolute atomic E-state index is 12.9. The Kier molecular flexibility index (Phi) is 5.69. The lowest BCUT2D eigenvalue weighted by Crippen LogP contribution is -2.59. The van der Waals surface area contributed by atoms with E-state index in [1.807, 2.05) is 6.07 Å². The molecule has 0 spiro atoms. The smallest absolute Gasteiger partial charge is 0.344 e. The number of hydrogen-bond acceptors (Lipinski definition) is 3. The average Bonchev–Trinajstić information content (AvgIpc) is 2.65. The summed E-state index contributed by atoms with van der Waals surface area (Å²) in [5.41, 5.74) is 0.485. The molecule has 3 unspecified atom stereocenters. The highest BCUT2D eigenvalue weighted by Gasteiger charge is 2.32. The zero-order chi connectivity index (χ0) is 20.3. The highest BCUT2D eigenvalue weighted by molar-refractivity contribution is 5.90. The second kappa shape index (κ2) is 8.02. The maximum Gasteiger partial charge on any atom is 0.416 e. The van der Waals surface area contributed by atoms with Crippen molar-refractivity contribution < 1.29 is 22.8 Å². The van der Waals surface area contributed by atoms with Crippen LogP contribution < -0.4 is 16.0 Å². The molecule has 3 atom stereocenters. The summed E-state index contributed by atoms with van der Waals surface area (Å²) in [6.07, 6.45) is -4.79. The second-order valence-electron chi connectivity index (χ2n) is 6.68. The van der Waals surface area contributed by atoms with Crippen LogP contribution in [0.2, 0.25) is 0 Å². The van der Waals surface area contributed by atoms with Crippen LogP contribution in [0.3, 0.4) is 0 Å². The Morgan fingerprint density at radius 1 is 1.07 bits per heavy atom. The molecule has 5 nitrogen and oxygen atoms in total. The van der Waals surface area contributed by atoms with Crippen molar-refractivity contribution in [3.05, 3.63) is 71.3 Å².